The molecular weight excluding hydrogens is 1040 g/mol. The van der Waals surface area contributed by atoms with Gasteiger partial charge in [0, 0.05) is 37.1 Å². The third-order valence-electron chi connectivity index (χ3n) is 11.0. The number of phosphoric ester groups is 3. The Morgan fingerprint density at radius 1 is 0.836 bits per heavy atom. The Hall–Kier alpha value is -3.48. The van der Waals surface area contributed by atoms with E-state index < -0.39 is 84.6 Å². The predicted molar refractivity (Wildman–Crippen MR) is 274 cm³/mol. The fraction of sp³-hybridized carbons (Fsp3) is 0.644. The summed E-state index contributed by atoms with van der Waals surface area (Å²) in [6.45, 7) is 2.76. The zero-order valence-corrected chi connectivity index (χ0v) is 45.1. The van der Waals surface area contributed by atoms with Crippen LogP contribution in [-0.2, 0) is 50.7 Å². The summed E-state index contributed by atoms with van der Waals surface area (Å²) in [5, 5.41) is 26.7. The summed E-state index contributed by atoms with van der Waals surface area (Å²) in [5.74, 6) is -1.05. The van der Waals surface area contributed by atoms with Crippen molar-refractivity contribution in [2.24, 2.45) is 5.41 Å². The lowest BCUT2D eigenvalue weighted by Gasteiger charge is -2.30. The topological polar surface area (TPSA) is 364 Å². The number of carbonyl (C=O) groups excluding carboxylic acids is 3. The molecule has 0 radical (unpaired) electrons. The molecule has 2 aromatic rings. The van der Waals surface area contributed by atoms with Crippen molar-refractivity contribution < 1.29 is 80.5 Å². The molecule has 28 heteroatoms. The number of hydrogen-bond acceptors (Lipinski definition) is 18. The molecule has 1 fully saturated rings. The Labute approximate surface area is 430 Å². The van der Waals surface area contributed by atoms with Crippen LogP contribution in [0, 0.1) is 5.41 Å². The Morgan fingerprint density at radius 3 is 2.08 bits per heavy atom. The summed E-state index contributed by atoms with van der Waals surface area (Å²) in [6, 6.07) is 0. The molecule has 73 heavy (non-hydrogen) atoms. The maximum Gasteiger partial charge on any atom is 0.481 e. The van der Waals surface area contributed by atoms with Crippen LogP contribution in [0.15, 0.2) is 61.3 Å². The van der Waals surface area contributed by atoms with Crippen molar-refractivity contribution in [3.05, 3.63) is 61.3 Å². The molecule has 412 valence electrons. The number of rotatable bonds is 37. The van der Waals surface area contributed by atoms with Crippen LogP contribution in [0.2, 0.25) is 0 Å². The van der Waals surface area contributed by atoms with Crippen molar-refractivity contribution in [1.29, 1.82) is 0 Å². The first-order chi connectivity index (χ1) is 34.6. The van der Waals surface area contributed by atoms with Gasteiger partial charge >= 0.3 is 23.5 Å². The SMILES string of the molecule is CCCCCC=CCC=CCC=CCC=CCCCCCCCC(=O)SCCNC(=O)CCNC(=O)[C@H](O)C(C)(C)COP(=O)(O)OP(=O)(O)OC[C@H]1O[C@@H](n2cnc3c(N)ncnc32)C(O)[C@H]1OP(=O)(O)O. The second-order valence-corrected chi connectivity index (χ2v) is 23.1. The number of nitrogen functional groups attached to an aromatic ring is 1. The van der Waals surface area contributed by atoms with Gasteiger partial charge < -0.3 is 50.9 Å². The van der Waals surface area contributed by atoms with Crippen LogP contribution in [0.3, 0.4) is 0 Å². The van der Waals surface area contributed by atoms with Gasteiger partial charge in [-0.1, -0.05) is 113 Å². The monoisotopic (exact) mass is 1110 g/mol. The van der Waals surface area contributed by atoms with Gasteiger partial charge in [-0.2, -0.15) is 4.31 Å². The number of imidazole rings is 1. The first-order valence-corrected chi connectivity index (χ1v) is 29.7. The summed E-state index contributed by atoms with van der Waals surface area (Å²) >= 11 is 1.14. The summed E-state index contributed by atoms with van der Waals surface area (Å²) in [7, 11) is -16.4. The molecule has 10 N–H and O–H groups in total. The van der Waals surface area contributed by atoms with E-state index in [9.17, 15) is 57.9 Å². The standard InChI is InChI=1S/C45H74N7O17P3S/c1-4-5-6-7-8-9-10-11-12-13-14-15-16-17-18-19-20-21-22-23-24-25-36(54)73-29-28-47-35(53)26-27-48-43(57)40(56)45(2,3)31-66-72(63,64)69-71(61,62)65-30-34-39(68-70(58,59)60)38(55)44(67-34)52-33-51-37-41(46)49-32-50-42(37)52/h8-9,11-12,14-15,17-18,32-34,38-40,44,55-56H,4-7,10,13,16,19-31H2,1-3H3,(H,47,53)(H,48,57)(H,61,62)(H,63,64)(H2,46,49,50)(H2,58,59,60)/t34-,38?,39+,40+,44-/m1/s1. The number of nitrogens with two attached hydrogens (primary N) is 1. The number of aromatic nitrogens is 4. The first-order valence-electron chi connectivity index (χ1n) is 24.2. The minimum atomic E-state index is -5.58. The molecule has 1 aliphatic rings. The van der Waals surface area contributed by atoms with E-state index in [1.165, 1.54) is 39.5 Å². The number of fused-ring (bicyclic) bond motifs is 1. The molecule has 0 bridgehead atoms. The second kappa shape index (κ2) is 32.8. The number of ether oxygens (including phenoxy) is 1. The predicted octanol–water partition coefficient (Wildman–Crippen LogP) is 6.37. The fourth-order valence-electron chi connectivity index (χ4n) is 6.99. The van der Waals surface area contributed by atoms with Gasteiger partial charge in [0.1, 0.15) is 36.3 Å². The zero-order chi connectivity index (χ0) is 53.9. The van der Waals surface area contributed by atoms with Gasteiger partial charge in [-0.25, -0.2) is 28.6 Å². The van der Waals surface area contributed by atoms with Gasteiger partial charge in [-0.3, -0.25) is 32.5 Å². The number of phosphoric acid groups is 3. The number of carbonyl (C=O) groups is 3. The highest BCUT2D eigenvalue weighted by Crippen LogP contribution is 2.61. The second-order valence-electron chi connectivity index (χ2n) is 17.7. The maximum atomic E-state index is 12.8. The molecule has 3 rings (SSSR count). The molecule has 0 saturated carbocycles. The van der Waals surface area contributed by atoms with Crippen molar-refractivity contribution in [3.8, 4) is 0 Å². The smallest absolute Gasteiger partial charge is 0.386 e. The molecule has 24 nitrogen and oxygen atoms in total. The zero-order valence-electron chi connectivity index (χ0n) is 41.6. The Bertz CT molecular complexity index is 2300. The third kappa shape index (κ3) is 25.3. The average molecular weight is 1110 g/mol. The Kier molecular flexibility index (Phi) is 28.7. The number of amides is 2. The number of nitrogens with zero attached hydrogens (tertiary/aromatic N) is 4. The van der Waals surface area contributed by atoms with Gasteiger partial charge in [0.05, 0.1) is 19.5 Å². The maximum absolute atomic E-state index is 12.8. The first kappa shape index (κ1) is 63.8. The molecule has 2 aromatic heterocycles. The molecule has 0 aromatic carbocycles. The van der Waals surface area contributed by atoms with Gasteiger partial charge in [-0.05, 0) is 51.4 Å². The Balaban J connectivity index is 1.25. The largest absolute Gasteiger partial charge is 0.481 e. The van der Waals surface area contributed by atoms with E-state index in [4.69, 9.17) is 19.5 Å². The summed E-state index contributed by atoms with van der Waals surface area (Å²) in [5.41, 5.74) is 4.28. The third-order valence-corrected chi connectivity index (χ3v) is 15.0. The quantitative estimate of drug-likeness (QED) is 0.0201. The van der Waals surface area contributed by atoms with Crippen LogP contribution >= 0.6 is 35.2 Å². The number of unbranched alkanes of at least 4 members (excludes halogenated alkanes) is 8. The lowest BCUT2D eigenvalue weighted by Crippen LogP contribution is -2.46. The van der Waals surface area contributed by atoms with Crippen LogP contribution in [0.5, 0.6) is 0 Å². The number of hydrogen-bond donors (Lipinski definition) is 9. The van der Waals surface area contributed by atoms with Crippen molar-refractivity contribution in [1.82, 2.24) is 30.2 Å². The van der Waals surface area contributed by atoms with Crippen molar-refractivity contribution in [3.63, 3.8) is 0 Å². The van der Waals surface area contributed by atoms with E-state index in [2.05, 4.69) is 90.0 Å². The highest BCUT2D eigenvalue weighted by atomic mass is 32.2. The minimum absolute atomic E-state index is 0.0316. The van der Waals surface area contributed by atoms with E-state index in [1.807, 2.05) is 0 Å². The molecule has 0 spiro atoms. The van der Waals surface area contributed by atoms with Gasteiger partial charge in [-0.15, -0.1) is 0 Å². The van der Waals surface area contributed by atoms with E-state index in [1.54, 1.807) is 0 Å². The minimum Gasteiger partial charge on any atom is -0.386 e. The van der Waals surface area contributed by atoms with Gasteiger partial charge in [0.15, 0.2) is 22.8 Å². The number of nitrogens with one attached hydrogen (secondary N) is 2. The molecule has 0 aliphatic carbocycles. The van der Waals surface area contributed by atoms with Crippen molar-refractivity contribution in [2.45, 2.75) is 148 Å². The van der Waals surface area contributed by atoms with Crippen LogP contribution < -0.4 is 16.4 Å². The van der Waals surface area contributed by atoms with Crippen LogP contribution in [-0.4, -0.2) is 123 Å². The Morgan fingerprint density at radius 2 is 1.44 bits per heavy atom. The number of allylic oxidation sites excluding steroid dienone is 8. The number of aliphatic hydroxyl groups excluding tert-OH is 2. The van der Waals surface area contributed by atoms with Crippen LogP contribution in [0.1, 0.15) is 123 Å². The lowest BCUT2D eigenvalue weighted by atomic mass is 9.87. The number of anilines is 1. The molecule has 3 heterocycles. The van der Waals surface area contributed by atoms with Crippen molar-refractivity contribution in [2.75, 3.05) is 37.8 Å². The molecular formula is C45H74N7O17P3S. The fourth-order valence-corrected chi connectivity index (χ4v) is 10.5. The summed E-state index contributed by atoms with van der Waals surface area (Å²) in [6.07, 6.45) is 25.2. The molecule has 2 amide bonds. The van der Waals surface area contributed by atoms with E-state index in [0.29, 0.717) is 12.2 Å². The number of thioether (sulfide) groups is 1. The van der Waals surface area contributed by atoms with Crippen LogP contribution in [0.25, 0.3) is 11.2 Å². The lowest BCUT2D eigenvalue weighted by molar-refractivity contribution is -0.137. The molecule has 1 aliphatic heterocycles. The van der Waals surface area contributed by atoms with Crippen molar-refractivity contribution >= 4 is 69.1 Å². The van der Waals surface area contributed by atoms with E-state index in [0.717, 1.165) is 86.8 Å². The number of aliphatic hydroxyl groups is 2. The summed E-state index contributed by atoms with van der Waals surface area (Å²) < 4.78 is 62.5. The molecule has 1 saturated heterocycles. The van der Waals surface area contributed by atoms with E-state index >= 15 is 0 Å². The van der Waals surface area contributed by atoms with E-state index in [-0.39, 0.29) is 41.6 Å². The molecule has 7 atom stereocenters. The normalized spacial score (nSPS) is 19.8. The van der Waals surface area contributed by atoms with Gasteiger partial charge in [0.25, 0.3) is 0 Å². The van der Waals surface area contributed by atoms with Gasteiger partial charge in [0.2, 0.25) is 11.8 Å². The average Bonchev–Trinajstić information content (AvgIpc) is 3.88. The van der Waals surface area contributed by atoms with Crippen LogP contribution in [0.4, 0.5) is 5.82 Å². The molecule has 3 unspecified atom stereocenters. The highest BCUT2D eigenvalue weighted by molar-refractivity contribution is 8.13. The summed E-state index contributed by atoms with van der Waals surface area (Å²) in [4.78, 5) is 88.5. The highest BCUT2D eigenvalue weighted by Gasteiger charge is 2.50.